The molecule has 1 fully saturated rings. The second-order valence-electron chi connectivity index (χ2n) is 10.1. The number of hydrogen-bond donors (Lipinski definition) is 3. The number of alkyl halides is 5. The number of nitrogens with one attached hydrogen (secondary N) is 3. The van der Waals surface area contributed by atoms with Crippen LogP contribution in [0.5, 0.6) is 0 Å². The Morgan fingerprint density at radius 3 is 2.52 bits per heavy atom. The van der Waals surface area contributed by atoms with Crippen molar-refractivity contribution < 1.29 is 31.5 Å². The van der Waals surface area contributed by atoms with Gasteiger partial charge in [-0.25, -0.2) is 23.5 Å². The fourth-order valence-electron chi connectivity index (χ4n) is 5.05. The van der Waals surface area contributed by atoms with Crippen LogP contribution in [0.1, 0.15) is 41.4 Å². The first-order valence-corrected chi connectivity index (χ1v) is 14.0. The highest BCUT2D eigenvalue weighted by Crippen LogP contribution is 2.37. The summed E-state index contributed by atoms with van der Waals surface area (Å²) in [6, 6.07) is 4.92. The number of aromatic nitrogens is 5. The van der Waals surface area contributed by atoms with Gasteiger partial charge < -0.3 is 20.9 Å². The summed E-state index contributed by atoms with van der Waals surface area (Å²) in [7, 11) is 0. The van der Waals surface area contributed by atoms with Crippen LogP contribution in [0.25, 0.3) is 16.9 Å². The third kappa shape index (κ3) is 6.73. The second kappa shape index (κ2) is 12.9. The van der Waals surface area contributed by atoms with E-state index in [4.69, 9.17) is 0 Å². The van der Waals surface area contributed by atoms with E-state index in [0.717, 1.165) is 37.7 Å². The van der Waals surface area contributed by atoms with Crippen molar-refractivity contribution in [1.82, 2.24) is 39.7 Å². The van der Waals surface area contributed by atoms with E-state index in [-0.39, 0.29) is 35.6 Å². The molecule has 3 aromatic heterocycles. The average Bonchev–Trinajstić information content (AvgIpc) is 3.75. The fourth-order valence-corrected chi connectivity index (χ4v) is 5.05. The molecule has 44 heavy (non-hydrogen) atoms. The van der Waals surface area contributed by atoms with Gasteiger partial charge in [-0.05, 0) is 43.0 Å². The topological polar surface area (TPSA) is 121 Å². The van der Waals surface area contributed by atoms with E-state index in [1.807, 2.05) is 6.92 Å². The van der Waals surface area contributed by atoms with E-state index in [1.165, 1.54) is 23.0 Å². The molecule has 0 spiro atoms. The zero-order valence-corrected chi connectivity index (χ0v) is 23.7. The number of carbonyl (C=O) groups is 2. The molecule has 4 heterocycles. The Labute approximate surface area is 248 Å². The predicted molar refractivity (Wildman–Crippen MR) is 151 cm³/mol. The van der Waals surface area contributed by atoms with Gasteiger partial charge in [0, 0.05) is 56.0 Å². The van der Waals surface area contributed by atoms with E-state index in [9.17, 15) is 31.5 Å². The summed E-state index contributed by atoms with van der Waals surface area (Å²) in [6.45, 7) is 2.92. The Morgan fingerprint density at radius 1 is 1.07 bits per heavy atom. The Kier molecular flexibility index (Phi) is 8.96. The van der Waals surface area contributed by atoms with Crippen LogP contribution < -0.4 is 16.0 Å². The minimum Gasteiger partial charge on any atom is -0.350 e. The summed E-state index contributed by atoms with van der Waals surface area (Å²) in [6.07, 6.45) is -0.374. The molecule has 0 bridgehead atoms. The van der Waals surface area contributed by atoms with Crippen molar-refractivity contribution >= 4 is 29.1 Å². The molecule has 1 aliphatic rings. The highest BCUT2D eigenvalue weighted by Gasteiger charge is 2.38. The van der Waals surface area contributed by atoms with Crippen LogP contribution in [0.15, 0.2) is 43.0 Å². The van der Waals surface area contributed by atoms with Gasteiger partial charge in [0.1, 0.15) is 6.54 Å². The number of carbonyl (C=O) groups excluding carboxylic acids is 2. The van der Waals surface area contributed by atoms with Crippen molar-refractivity contribution in [1.29, 1.82) is 0 Å². The molecule has 1 aromatic carbocycles. The number of amides is 3. The summed E-state index contributed by atoms with van der Waals surface area (Å²) in [5.74, 6) is -0.0740. The van der Waals surface area contributed by atoms with Crippen molar-refractivity contribution in [2.75, 3.05) is 31.5 Å². The van der Waals surface area contributed by atoms with Crippen LogP contribution in [0.2, 0.25) is 0 Å². The van der Waals surface area contributed by atoms with Gasteiger partial charge >= 0.3 is 12.2 Å². The van der Waals surface area contributed by atoms with Crippen LogP contribution in [0, 0.1) is 0 Å². The first-order chi connectivity index (χ1) is 21.0. The quantitative estimate of drug-likeness (QED) is 0.175. The molecule has 0 aliphatic carbocycles. The van der Waals surface area contributed by atoms with Gasteiger partial charge in [-0.3, -0.25) is 13.9 Å². The Morgan fingerprint density at radius 2 is 1.82 bits per heavy atom. The van der Waals surface area contributed by atoms with Crippen molar-refractivity contribution in [3.63, 3.8) is 0 Å². The lowest BCUT2D eigenvalue weighted by Crippen LogP contribution is -2.41. The molecule has 3 amide bonds. The molecule has 234 valence electrons. The molecule has 0 saturated carbocycles. The zero-order valence-electron chi connectivity index (χ0n) is 23.7. The number of benzene rings is 1. The van der Waals surface area contributed by atoms with E-state index in [1.54, 1.807) is 23.1 Å². The van der Waals surface area contributed by atoms with Gasteiger partial charge in [0.25, 0.3) is 12.3 Å². The lowest BCUT2D eigenvalue weighted by atomic mass is 10.0. The molecule has 1 saturated heterocycles. The fraction of sp³-hybridized carbons (Fsp3) is 0.393. The molecule has 0 atom stereocenters. The number of rotatable bonds is 10. The monoisotopic (exact) mass is 619 g/mol. The minimum absolute atomic E-state index is 0.00354. The zero-order chi connectivity index (χ0) is 31.4. The van der Waals surface area contributed by atoms with Crippen LogP contribution >= 0.6 is 0 Å². The van der Waals surface area contributed by atoms with Crippen LogP contribution in [0.3, 0.4) is 0 Å². The molecule has 5 rings (SSSR count). The Hall–Kier alpha value is -4.76. The first kappa shape index (κ1) is 30.7. The summed E-state index contributed by atoms with van der Waals surface area (Å²) in [4.78, 5) is 35.2. The predicted octanol–water partition coefficient (Wildman–Crippen LogP) is 4.72. The molecular formula is C28H30F5N9O2. The number of fused-ring (bicyclic) bond motifs is 1. The smallest absolute Gasteiger partial charge is 0.350 e. The summed E-state index contributed by atoms with van der Waals surface area (Å²) >= 11 is 0. The SMILES string of the molecule is CCc1cc(Nc2nccn3c(-c4cn(CC(F)F)nc4C(F)(F)F)cnc23)ccc1C(=O)NCCNC(=O)N1CCCC1. The van der Waals surface area contributed by atoms with Crippen LogP contribution in [-0.4, -0.2) is 73.6 Å². The number of likely N-dealkylation sites (tertiary alicyclic amines) is 1. The van der Waals surface area contributed by atoms with Crippen molar-refractivity contribution in [3.05, 3.63) is 59.8 Å². The molecule has 1 aliphatic heterocycles. The standard InChI is InChI=1S/C28H30F5N9O2/c1-2-17-13-18(5-6-19(17)26(43)35-7-8-36-27(44)40-10-3-4-11-40)38-24-25-37-14-21(42(25)12-9-34-24)20-15-41(16-22(29)30)39-23(20)28(31,32)33/h5-6,9,12-15,22H,2-4,7-8,10-11,16H2,1H3,(H,34,38)(H,35,43)(H,36,44). The molecular weight excluding hydrogens is 589 g/mol. The normalized spacial score (nSPS) is 13.6. The number of aryl methyl sites for hydroxylation is 1. The number of nitrogens with zero attached hydrogens (tertiary/aromatic N) is 6. The second-order valence-corrected chi connectivity index (χ2v) is 10.1. The largest absolute Gasteiger partial charge is 0.435 e. The Balaban J connectivity index is 1.31. The molecule has 0 radical (unpaired) electrons. The third-order valence-corrected chi connectivity index (χ3v) is 7.13. The van der Waals surface area contributed by atoms with E-state index >= 15 is 0 Å². The molecule has 11 nitrogen and oxygen atoms in total. The third-order valence-electron chi connectivity index (χ3n) is 7.13. The first-order valence-electron chi connectivity index (χ1n) is 14.0. The molecule has 16 heteroatoms. The summed E-state index contributed by atoms with van der Waals surface area (Å²) < 4.78 is 68.9. The number of imidazole rings is 1. The van der Waals surface area contributed by atoms with Gasteiger partial charge in [-0.2, -0.15) is 18.3 Å². The van der Waals surface area contributed by atoms with Gasteiger partial charge in [-0.1, -0.05) is 6.92 Å². The maximum absolute atomic E-state index is 13.7. The lowest BCUT2D eigenvalue weighted by Gasteiger charge is -2.16. The van der Waals surface area contributed by atoms with Gasteiger partial charge in [0.2, 0.25) is 0 Å². The van der Waals surface area contributed by atoms with Gasteiger partial charge in [0.05, 0.1) is 17.5 Å². The summed E-state index contributed by atoms with van der Waals surface area (Å²) in [5.41, 5.74) is 0.222. The maximum atomic E-state index is 13.7. The van der Waals surface area contributed by atoms with Crippen molar-refractivity contribution in [2.24, 2.45) is 0 Å². The number of halogens is 5. The van der Waals surface area contributed by atoms with E-state index in [0.29, 0.717) is 28.9 Å². The molecule has 4 aromatic rings. The number of anilines is 2. The number of hydrogen-bond acceptors (Lipinski definition) is 6. The highest BCUT2D eigenvalue weighted by atomic mass is 19.4. The van der Waals surface area contributed by atoms with Crippen molar-refractivity contribution in [3.8, 4) is 11.3 Å². The highest BCUT2D eigenvalue weighted by molar-refractivity contribution is 5.96. The van der Waals surface area contributed by atoms with Crippen LogP contribution in [-0.2, 0) is 19.1 Å². The summed E-state index contributed by atoms with van der Waals surface area (Å²) in [5, 5.41) is 12.1. The lowest BCUT2D eigenvalue weighted by molar-refractivity contribution is -0.141. The van der Waals surface area contributed by atoms with Gasteiger partial charge in [-0.15, -0.1) is 0 Å². The van der Waals surface area contributed by atoms with Crippen molar-refractivity contribution in [2.45, 2.75) is 45.3 Å². The van der Waals surface area contributed by atoms with E-state index < -0.39 is 30.4 Å². The minimum atomic E-state index is -4.88. The van der Waals surface area contributed by atoms with E-state index in [2.05, 4.69) is 31.0 Å². The average molecular weight is 620 g/mol. The maximum Gasteiger partial charge on any atom is 0.435 e. The molecule has 0 unspecified atom stereocenters. The Bertz CT molecular complexity index is 1640. The van der Waals surface area contributed by atoms with Gasteiger partial charge in [0.15, 0.2) is 17.2 Å². The number of urea groups is 1. The van der Waals surface area contributed by atoms with Crippen LogP contribution in [0.4, 0.5) is 38.3 Å². The molecule has 3 N–H and O–H groups in total.